The molecule has 0 spiro atoms. The fourth-order valence-corrected chi connectivity index (χ4v) is 1.47. The largest absolute Gasteiger partial charge is 0.390 e. The average molecular weight is 143 g/mol. The SMILES string of the molecule is C[C@H]1[C@H](O)CN1C(C)(C)C. The number of aliphatic hydroxyl groups excluding tert-OH is 1. The molecule has 0 aromatic rings. The molecule has 0 saturated carbocycles. The minimum Gasteiger partial charge on any atom is -0.390 e. The Kier molecular flexibility index (Phi) is 1.77. The van der Waals surface area contributed by atoms with Crippen molar-refractivity contribution >= 4 is 0 Å². The highest BCUT2D eigenvalue weighted by molar-refractivity contribution is 4.95. The smallest absolute Gasteiger partial charge is 0.0819 e. The monoisotopic (exact) mass is 143 g/mol. The Morgan fingerprint density at radius 3 is 2.00 bits per heavy atom. The van der Waals surface area contributed by atoms with Crippen LogP contribution in [0.1, 0.15) is 27.7 Å². The van der Waals surface area contributed by atoms with Gasteiger partial charge in [-0.15, -0.1) is 0 Å². The van der Waals surface area contributed by atoms with Crippen molar-refractivity contribution in [3.8, 4) is 0 Å². The molecule has 1 N–H and O–H groups in total. The van der Waals surface area contributed by atoms with Gasteiger partial charge in [-0.2, -0.15) is 0 Å². The average Bonchev–Trinajstić information content (AvgIpc) is 1.79. The maximum absolute atomic E-state index is 9.21. The van der Waals surface area contributed by atoms with Gasteiger partial charge < -0.3 is 5.11 Å². The van der Waals surface area contributed by atoms with Crippen LogP contribution >= 0.6 is 0 Å². The first-order chi connectivity index (χ1) is 4.43. The number of nitrogens with zero attached hydrogens (tertiary/aromatic N) is 1. The highest BCUT2D eigenvalue weighted by Crippen LogP contribution is 2.26. The van der Waals surface area contributed by atoms with Crippen molar-refractivity contribution in [2.45, 2.75) is 45.4 Å². The predicted molar refractivity (Wildman–Crippen MR) is 41.9 cm³/mol. The van der Waals surface area contributed by atoms with E-state index in [-0.39, 0.29) is 11.6 Å². The van der Waals surface area contributed by atoms with Gasteiger partial charge >= 0.3 is 0 Å². The van der Waals surface area contributed by atoms with E-state index in [0.717, 1.165) is 6.54 Å². The summed E-state index contributed by atoms with van der Waals surface area (Å²) in [5.41, 5.74) is 0.221. The summed E-state index contributed by atoms with van der Waals surface area (Å²) in [5, 5.41) is 9.21. The molecule has 0 amide bonds. The highest BCUT2D eigenvalue weighted by Gasteiger charge is 2.39. The first-order valence-electron chi connectivity index (χ1n) is 3.88. The van der Waals surface area contributed by atoms with Crippen LogP contribution in [0.5, 0.6) is 0 Å². The van der Waals surface area contributed by atoms with E-state index >= 15 is 0 Å². The third kappa shape index (κ3) is 1.18. The molecule has 1 saturated heterocycles. The predicted octanol–water partition coefficient (Wildman–Crippen LogP) is 0.850. The summed E-state index contributed by atoms with van der Waals surface area (Å²) in [4.78, 5) is 2.30. The van der Waals surface area contributed by atoms with E-state index in [1.807, 2.05) is 0 Å². The molecule has 1 rings (SSSR count). The van der Waals surface area contributed by atoms with Crippen molar-refractivity contribution < 1.29 is 5.11 Å². The van der Waals surface area contributed by atoms with Crippen LogP contribution in [0.3, 0.4) is 0 Å². The fourth-order valence-electron chi connectivity index (χ4n) is 1.47. The van der Waals surface area contributed by atoms with Crippen LogP contribution in [0.2, 0.25) is 0 Å². The second-order valence-corrected chi connectivity index (χ2v) is 4.13. The Balaban J connectivity index is 2.48. The van der Waals surface area contributed by atoms with Gasteiger partial charge in [-0.3, -0.25) is 4.90 Å². The van der Waals surface area contributed by atoms with Gasteiger partial charge in [0.15, 0.2) is 0 Å². The minimum absolute atomic E-state index is 0.0979. The third-order valence-corrected chi connectivity index (χ3v) is 2.29. The van der Waals surface area contributed by atoms with Crippen molar-refractivity contribution in [1.82, 2.24) is 4.90 Å². The fraction of sp³-hybridized carbons (Fsp3) is 1.00. The number of β-amino-alcohol motifs (C(OH)–C–C–N with tert-alkyl or cyclic N) is 1. The molecule has 1 aliphatic heterocycles. The number of aliphatic hydroxyl groups is 1. The van der Waals surface area contributed by atoms with Gasteiger partial charge in [-0.1, -0.05) is 0 Å². The van der Waals surface area contributed by atoms with Crippen molar-refractivity contribution in [3.63, 3.8) is 0 Å². The molecule has 2 heteroatoms. The van der Waals surface area contributed by atoms with Gasteiger partial charge in [0.2, 0.25) is 0 Å². The number of rotatable bonds is 0. The summed E-state index contributed by atoms with van der Waals surface area (Å²) in [5.74, 6) is 0. The summed E-state index contributed by atoms with van der Waals surface area (Å²) >= 11 is 0. The minimum atomic E-state index is -0.0979. The lowest BCUT2D eigenvalue weighted by Gasteiger charge is -2.51. The summed E-state index contributed by atoms with van der Waals surface area (Å²) < 4.78 is 0. The Hall–Kier alpha value is -0.0800. The molecule has 60 valence electrons. The van der Waals surface area contributed by atoms with Gasteiger partial charge in [-0.25, -0.2) is 0 Å². The summed E-state index contributed by atoms with van der Waals surface area (Å²) in [6.45, 7) is 9.43. The first kappa shape index (κ1) is 8.02. The maximum Gasteiger partial charge on any atom is 0.0819 e. The molecular weight excluding hydrogens is 126 g/mol. The Morgan fingerprint density at radius 1 is 1.40 bits per heavy atom. The second-order valence-electron chi connectivity index (χ2n) is 4.13. The van der Waals surface area contributed by atoms with Crippen molar-refractivity contribution in [2.24, 2.45) is 0 Å². The zero-order valence-corrected chi connectivity index (χ0v) is 7.26. The van der Waals surface area contributed by atoms with Crippen LogP contribution in [0.15, 0.2) is 0 Å². The second kappa shape index (κ2) is 2.21. The van der Waals surface area contributed by atoms with Crippen LogP contribution in [-0.4, -0.2) is 34.2 Å². The van der Waals surface area contributed by atoms with E-state index in [4.69, 9.17) is 0 Å². The van der Waals surface area contributed by atoms with E-state index < -0.39 is 0 Å². The third-order valence-electron chi connectivity index (χ3n) is 2.29. The van der Waals surface area contributed by atoms with Crippen LogP contribution in [0, 0.1) is 0 Å². The lowest BCUT2D eigenvalue weighted by atomic mass is 9.92. The van der Waals surface area contributed by atoms with E-state index in [0.29, 0.717) is 6.04 Å². The van der Waals surface area contributed by atoms with Crippen LogP contribution in [0.4, 0.5) is 0 Å². The molecule has 2 nitrogen and oxygen atoms in total. The quantitative estimate of drug-likeness (QED) is 0.543. The van der Waals surface area contributed by atoms with Crippen molar-refractivity contribution in [2.75, 3.05) is 6.54 Å². The summed E-state index contributed by atoms with van der Waals surface area (Å²) in [6.07, 6.45) is -0.0979. The molecule has 0 radical (unpaired) electrons. The summed E-state index contributed by atoms with van der Waals surface area (Å²) in [6, 6.07) is 0.347. The Labute approximate surface area is 62.8 Å². The standard InChI is InChI=1S/C8H17NO/c1-6-7(10)5-9(6)8(2,3)4/h6-7,10H,5H2,1-4H3/t6-,7+/m0/s1. The van der Waals surface area contributed by atoms with Gasteiger partial charge in [0, 0.05) is 18.1 Å². The Bertz CT molecular complexity index is 128. The lowest BCUT2D eigenvalue weighted by Crippen LogP contribution is -2.64. The molecule has 0 unspecified atom stereocenters. The number of hydrogen-bond donors (Lipinski definition) is 1. The van der Waals surface area contributed by atoms with Gasteiger partial charge in [-0.05, 0) is 27.7 Å². The van der Waals surface area contributed by atoms with E-state index in [1.165, 1.54) is 0 Å². The molecule has 0 bridgehead atoms. The molecule has 0 aliphatic carbocycles. The number of likely N-dealkylation sites (tertiary alicyclic amines) is 1. The van der Waals surface area contributed by atoms with E-state index in [9.17, 15) is 5.11 Å². The summed E-state index contributed by atoms with van der Waals surface area (Å²) in [7, 11) is 0. The molecule has 2 atom stereocenters. The molecule has 10 heavy (non-hydrogen) atoms. The van der Waals surface area contributed by atoms with Crippen LogP contribution < -0.4 is 0 Å². The molecule has 1 aliphatic rings. The van der Waals surface area contributed by atoms with E-state index in [2.05, 4.69) is 32.6 Å². The van der Waals surface area contributed by atoms with Gasteiger partial charge in [0.1, 0.15) is 0 Å². The number of hydrogen-bond acceptors (Lipinski definition) is 2. The maximum atomic E-state index is 9.21. The topological polar surface area (TPSA) is 23.5 Å². The molecule has 1 fully saturated rings. The highest BCUT2D eigenvalue weighted by atomic mass is 16.3. The van der Waals surface area contributed by atoms with Gasteiger partial charge in [0.05, 0.1) is 6.10 Å². The molecule has 0 aromatic heterocycles. The lowest BCUT2D eigenvalue weighted by molar-refractivity contribution is -0.0984. The molecular formula is C8H17NO. The zero-order valence-electron chi connectivity index (χ0n) is 7.26. The van der Waals surface area contributed by atoms with Crippen LogP contribution in [0.25, 0.3) is 0 Å². The zero-order chi connectivity index (χ0) is 7.94. The normalized spacial score (nSPS) is 35.7. The van der Waals surface area contributed by atoms with Crippen LogP contribution in [-0.2, 0) is 0 Å². The first-order valence-corrected chi connectivity index (χ1v) is 3.88. The Morgan fingerprint density at radius 2 is 1.90 bits per heavy atom. The van der Waals surface area contributed by atoms with E-state index in [1.54, 1.807) is 0 Å². The van der Waals surface area contributed by atoms with Crippen molar-refractivity contribution in [1.29, 1.82) is 0 Å². The van der Waals surface area contributed by atoms with Crippen molar-refractivity contribution in [3.05, 3.63) is 0 Å². The molecule has 0 aromatic carbocycles. The van der Waals surface area contributed by atoms with Gasteiger partial charge in [0.25, 0.3) is 0 Å². The molecule has 1 heterocycles.